The standard InChI is InChI=1S/C17H12ClNO3/c18-13-3-1-2-4-14(13)19-9-12-16(22-10-19)6-5-11-15(20)7-8-21-17(11)12/h1-8H,9-10H2. The lowest BCUT2D eigenvalue weighted by Gasteiger charge is -2.31. The quantitative estimate of drug-likeness (QED) is 0.685. The largest absolute Gasteiger partial charge is 0.473 e. The Labute approximate surface area is 131 Å². The van der Waals surface area contributed by atoms with Crippen molar-refractivity contribution in [1.29, 1.82) is 0 Å². The maximum Gasteiger partial charge on any atom is 0.192 e. The molecule has 0 fully saturated rings. The molecule has 0 saturated heterocycles. The number of para-hydroxylation sites is 1. The second kappa shape index (κ2) is 5.07. The molecule has 5 heteroatoms. The fraction of sp³-hybridized carbons (Fsp3) is 0.118. The van der Waals surface area contributed by atoms with E-state index >= 15 is 0 Å². The summed E-state index contributed by atoms with van der Waals surface area (Å²) in [6.07, 6.45) is 1.42. The van der Waals surface area contributed by atoms with E-state index in [2.05, 4.69) is 0 Å². The number of anilines is 1. The third kappa shape index (κ3) is 2.04. The van der Waals surface area contributed by atoms with Gasteiger partial charge >= 0.3 is 0 Å². The molecule has 1 aromatic heterocycles. The normalized spacial score (nSPS) is 13.8. The number of nitrogens with zero attached hydrogens (tertiary/aromatic N) is 1. The first-order chi connectivity index (χ1) is 10.7. The number of rotatable bonds is 1. The molecule has 22 heavy (non-hydrogen) atoms. The van der Waals surface area contributed by atoms with Crippen molar-refractivity contribution >= 4 is 28.3 Å². The van der Waals surface area contributed by atoms with Crippen LogP contribution >= 0.6 is 11.6 Å². The van der Waals surface area contributed by atoms with Crippen LogP contribution in [0.25, 0.3) is 11.0 Å². The maximum absolute atomic E-state index is 11.9. The van der Waals surface area contributed by atoms with Gasteiger partial charge < -0.3 is 14.1 Å². The third-order valence-electron chi connectivity index (χ3n) is 3.81. The van der Waals surface area contributed by atoms with Crippen molar-refractivity contribution in [3.8, 4) is 5.75 Å². The van der Waals surface area contributed by atoms with Crippen LogP contribution in [0.1, 0.15) is 5.56 Å². The lowest BCUT2D eigenvalue weighted by Crippen LogP contribution is -2.32. The monoisotopic (exact) mass is 313 g/mol. The smallest absolute Gasteiger partial charge is 0.192 e. The molecule has 110 valence electrons. The molecular weight excluding hydrogens is 302 g/mol. The van der Waals surface area contributed by atoms with Crippen LogP contribution in [0.15, 0.2) is 57.9 Å². The third-order valence-corrected chi connectivity index (χ3v) is 4.13. The Morgan fingerprint density at radius 2 is 1.95 bits per heavy atom. The van der Waals surface area contributed by atoms with Gasteiger partial charge in [-0.2, -0.15) is 0 Å². The number of hydrogen-bond acceptors (Lipinski definition) is 4. The van der Waals surface area contributed by atoms with E-state index in [1.165, 1.54) is 12.3 Å². The number of hydrogen-bond donors (Lipinski definition) is 0. The van der Waals surface area contributed by atoms with E-state index in [4.69, 9.17) is 20.8 Å². The summed E-state index contributed by atoms with van der Waals surface area (Å²) in [5, 5.41) is 1.22. The van der Waals surface area contributed by atoms with Crippen LogP contribution in [0.4, 0.5) is 5.69 Å². The van der Waals surface area contributed by atoms with Gasteiger partial charge in [-0.05, 0) is 24.3 Å². The van der Waals surface area contributed by atoms with Gasteiger partial charge in [0.1, 0.15) is 11.3 Å². The van der Waals surface area contributed by atoms with E-state index in [1.807, 2.05) is 35.2 Å². The molecule has 0 atom stereocenters. The predicted molar refractivity (Wildman–Crippen MR) is 85.6 cm³/mol. The molecule has 0 bridgehead atoms. The van der Waals surface area contributed by atoms with Crippen molar-refractivity contribution in [3.05, 3.63) is 69.5 Å². The highest BCUT2D eigenvalue weighted by Crippen LogP contribution is 2.35. The highest BCUT2D eigenvalue weighted by atomic mass is 35.5. The zero-order valence-corrected chi connectivity index (χ0v) is 12.3. The molecule has 0 N–H and O–H groups in total. The average Bonchev–Trinajstić information content (AvgIpc) is 2.55. The second-order valence-corrected chi connectivity index (χ2v) is 5.53. The van der Waals surface area contributed by atoms with Crippen LogP contribution in [0.3, 0.4) is 0 Å². The van der Waals surface area contributed by atoms with Gasteiger partial charge in [0, 0.05) is 6.07 Å². The summed E-state index contributed by atoms with van der Waals surface area (Å²) in [5.41, 5.74) is 2.27. The highest BCUT2D eigenvalue weighted by Gasteiger charge is 2.23. The number of benzene rings is 2. The van der Waals surface area contributed by atoms with Crippen LogP contribution in [0.5, 0.6) is 5.75 Å². The lowest BCUT2D eigenvalue weighted by molar-refractivity contribution is 0.289. The summed E-state index contributed by atoms with van der Waals surface area (Å²) in [6, 6.07) is 12.6. The number of fused-ring (bicyclic) bond motifs is 3. The van der Waals surface area contributed by atoms with Crippen LogP contribution in [-0.2, 0) is 6.54 Å². The molecule has 0 unspecified atom stereocenters. The second-order valence-electron chi connectivity index (χ2n) is 5.13. The molecule has 0 saturated carbocycles. The van der Waals surface area contributed by atoms with Crippen LogP contribution in [0.2, 0.25) is 5.02 Å². The van der Waals surface area contributed by atoms with Gasteiger partial charge in [0.2, 0.25) is 0 Å². The Morgan fingerprint density at radius 1 is 1.09 bits per heavy atom. The zero-order chi connectivity index (χ0) is 15.1. The fourth-order valence-electron chi connectivity index (χ4n) is 2.72. The maximum atomic E-state index is 11.9. The summed E-state index contributed by atoms with van der Waals surface area (Å²) >= 11 is 6.26. The number of ether oxygens (including phenoxy) is 1. The van der Waals surface area contributed by atoms with Gasteiger partial charge in [-0.15, -0.1) is 0 Å². The van der Waals surface area contributed by atoms with Gasteiger partial charge in [0.05, 0.1) is 34.5 Å². The summed E-state index contributed by atoms with van der Waals surface area (Å²) in [4.78, 5) is 13.9. The van der Waals surface area contributed by atoms with Gasteiger partial charge in [0.15, 0.2) is 12.2 Å². The van der Waals surface area contributed by atoms with Crippen molar-refractivity contribution in [3.63, 3.8) is 0 Å². The van der Waals surface area contributed by atoms with Crippen molar-refractivity contribution in [1.82, 2.24) is 0 Å². The van der Waals surface area contributed by atoms with E-state index in [9.17, 15) is 4.79 Å². The van der Waals surface area contributed by atoms with E-state index in [1.54, 1.807) is 6.07 Å². The summed E-state index contributed by atoms with van der Waals surface area (Å²) < 4.78 is 11.4. The molecule has 1 aliphatic rings. The molecule has 2 heterocycles. The molecule has 3 aromatic rings. The Balaban J connectivity index is 1.84. The minimum atomic E-state index is -0.0566. The minimum Gasteiger partial charge on any atom is -0.473 e. The topological polar surface area (TPSA) is 42.7 Å². The Bertz CT molecular complexity index is 919. The summed E-state index contributed by atoms with van der Waals surface area (Å²) in [7, 11) is 0. The van der Waals surface area contributed by atoms with E-state index in [0.717, 1.165) is 17.0 Å². The molecule has 0 aliphatic carbocycles. The first-order valence-corrected chi connectivity index (χ1v) is 7.27. The SMILES string of the molecule is O=c1ccoc2c3c(ccc12)OCN(c1ccccc1Cl)C3. The zero-order valence-electron chi connectivity index (χ0n) is 11.6. The molecule has 1 aliphatic heterocycles. The predicted octanol–water partition coefficient (Wildman–Crippen LogP) is 3.80. The van der Waals surface area contributed by atoms with Gasteiger partial charge in [-0.1, -0.05) is 23.7 Å². The molecule has 0 radical (unpaired) electrons. The summed E-state index contributed by atoms with van der Waals surface area (Å²) in [5.74, 6) is 0.741. The Morgan fingerprint density at radius 3 is 2.82 bits per heavy atom. The van der Waals surface area contributed by atoms with Gasteiger partial charge in [-0.25, -0.2) is 0 Å². The van der Waals surface area contributed by atoms with Crippen molar-refractivity contribution in [2.75, 3.05) is 11.6 Å². The molecule has 4 rings (SSSR count). The Hall–Kier alpha value is -2.46. The van der Waals surface area contributed by atoms with Crippen molar-refractivity contribution in [2.45, 2.75) is 6.54 Å². The van der Waals surface area contributed by atoms with Crippen LogP contribution < -0.4 is 15.1 Å². The molecule has 2 aromatic carbocycles. The molecular formula is C17H12ClNO3. The lowest BCUT2D eigenvalue weighted by atomic mass is 10.1. The minimum absolute atomic E-state index is 0.0566. The first-order valence-electron chi connectivity index (χ1n) is 6.90. The molecule has 4 nitrogen and oxygen atoms in total. The molecule has 0 amide bonds. The van der Waals surface area contributed by atoms with Crippen LogP contribution in [-0.4, -0.2) is 6.73 Å². The van der Waals surface area contributed by atoms with Crippen molar-refractivity contribution < 1.29 is 9.15 Å². The van der Waals surface area contributed by atoms with Gasteiger partial charge in [0.25, 0.3) is 0 Å². The average molecular weight is 314 g/mol. The fourth-order valence-corrected chi connectivity index (χ4v) is 2.98. The summed E-state index contributed by atoms with van der Waals surface area (Å²) in [6.45, 7) is 0.975. The van der Waals surface area contributed by atoms with Crippen molar-refractivity contribution in [2.24, 2.45) is 0 Å². The van der Waals surface area contributed by atoms with Crippen LogP contribution in [0, 0.1) is 0 Å². The Kier molecular flexibility index (Phi) is 3.05. The van der Waals surface area contributed by atoms with E-state index < -0.39 is 0 Å². The van der Waals surface area contributed by atoms with E-state index in [0.29, 0.717) is 29.3 Å². The van der Waals surface area contributed by atoms with Gasteiger partial charge in [-0.3, -0.25) is 4.79 Å². The number of halogens is 1. The van der Waals surface area contributed by atoms with E-state index in [-0.39, 0.29) is 5.43 Å². The first kappa shape index (κ1) is 13.2. The molecule has 0 spiro atoms. The highest BCUT2D eigenvalue weighted by molar-refractivity contribution is 6.33.